The Kier molecular flexibility index (Phi) is 13.2. The van der Waals surface area contributed by atoms with Crippen LogP contribution in [-0.4, -0.2) is 44.0 Å². The van der Waals surface area contributed by atoms with Crippen molar-refractivity contribution in [2.45, 2.75) is 65.3 Å². The van der Waals surface area contributed by atoms with Gasteiger partial charge in [-0.15, -0.1) is 25.1 Å². The number of hydrogen-bond acceptors (Lipinski definition) is 2. The van der Waals surface area contributed by atoms with Gasteiger partial charge in [0.2, 0.25) is 0 Å². The van der Waals surface area contributed by atoms with E-state index in [-0.39, 0.29) is 42.9 Å². The molecule has 8 aromatic rings. The minimum atomic E-state index is -1.47. The third-order valence-corrected chi connectivity index (χ3v) is 19.1. The molecule has 0 saturated heterocycles. The van der Waals surface area contributed by atoms with Gasteiger partial charge < -0.3 is 0 Å². The Morgan fingerprint density at radius 3 is 1.15 bits per heavy atom. The maximum absolute atomic E-state index is 5.24. The van der Waals surface area contributed by atoms with Crippen molar-refractivity contribution in [3.8, 4) is 11.6 Å². The molecule has 9 heteroatoms. The molecule has 0 N–H and O–H groups in total. The SMILES string of the molecule is C[C-](C[Si](C)C)c1cccc(-n2c3ccccc3c3ccccc32)n1.C[Si](C)(C)[C-](c1cccc(-n2c3ccccc3c3ccccc32)n1)[Si](C)(C)C.[Cu+].[Cu+]. The molecule has 4 aromatic carbocycles. The van der Waals surface area contributed by atoms with Crippen molar-refractivity contribution in [1.82, 2.24) is 19.1 Å². The first-order valence-electron chi connectivity index (χ1n) is 18.7. The molecular formula is C46H51Cu2N4Si3. The second-order valence-corrected chi connectivity index (χ2v) is 29.8. The number of hydrogen-bond donors (Lipinski definition) is 0. The zero-order valence-electron chi connectivity index (χ0n) is 33.3. The fourth-order valence-electron chi connectivity index (χ4n) is 8.33. The molecule has 289 valence electrons. The van der Waals surface area contributed by atoms with Crippen LogP contribution >= 0.6 is 0 Å². The van der Waals surface area contributed by atoms with Gasteiger partial charge in [-0.3, -0.25) is 19.1 Å². The van der Waals surface area contributed by atoms with Crippen LogP contribution in [0.3, 0.4) is 0 Å². The fraction of sp³-hybridized carbons (Fsp3) is 0.217. The zero-order chi connectivity index (χ0) is 37.5. The van der Waals surface area contributed by atoms with Gasteiger partial charge in [-0.05, 0) is 52.5 Å². The first-order chi connectivity index (χ1) is 25.3. The molecule has 0 fully saturated rings. The summed E-state index contributed by atoms with van der Waals surface area (Å²) in [5.74, 6) is 3.40. The fourth-order valence-corrected chi connectivity index (χ4v) is 20.4. The van der Waals surface area contributed by atoms with Crippen molar-refractivity contribution in [3.63, 3.8) is 0 Å². The number of pyridine rings is 2. The monoisotopic (exact) mass is 869 g/mol. The average molecular weight is 871 g/mol. The van der Waals surface area contributed by atoms with Crippen LogP contribution in [0.2, 0.25) is 58.4 Å². The van der Waals surface area contributed by atoms with Gasteiger partial charge in [0.1, 0.15) is 11.6 Å². The van der Waals surface area contributed by atoms with Crippen molar-refractivity contribution < 1.29 is 34.1 Å². The Labute approximate surface area is 352 Å². The van der Waals surface area contributed by atoms with Gasteiger partial charge in [-0.25, -0.2) is 0 Å². The van der Waals surface area contributed by atoms with Crippen molar-refractivity contribution in [2.75, 3.05) is 0 Å². The van der Waals surface area contributed by atoms with Crippen LogP contribution in [-0.2, 0) is 34.1 Å². The predicted molar refractivity (Wildman–Crippen MR) is 236 cm³/mol. The Morgan fingerprint density at radius 1 is 0.473 bits per heavy atom. The maximum Gasteiger partial charge on any atom is 1.00 e. The van der Waals surface area contributed by atoms with Gasteiger partial charge in [0.15, 0.2) is 0 Å². The van der Waals surface area contributed by atoms with Crippen LogP contribution in [0.4, 0.5) is 0 Å². The quantitative estimate of drug-likeness (QED) is 0.113. The summed E-state index contributed by atoms with van der Waals surface area (Å²) in [6, 6.07) is 48.5. The molecule has 4 heterocycles. The summed E-state index contributed by atoms with van der Waals surface area (Å²) in [7, 11) is -3.24. The Bertz CT molecular complexity index is 2430. The molecule has 0 bridgehead atoms. The summed E-state index contributed by atoms with van der Waals surface area (Å²) < 4.78 is 4.60. The van der Waals surface area contributed by atoms with E-state index in [1.54, 1.807) is 5.16 Å². The first-order valence-corrected chi connectivity index (χ1v) is 28.4. The standard InChI is InChI=1S/C24H29N2Si2.C22H22N2Si.2Cu/c1-27(2,3)24(28(4,5)6)20-14-11-17-23(25-20)26-21-15-9-7-12-18(21)19-13-8-10-16-22(19)26;1-16(15-25(2)3)19-11-8-14-22(23-19)24-20-12-6-4-9-17(20)18-10-5-7-13-21(18)24;;/h7-17H,1-6H3;4-14H,15H2,1-3H3;;/q2*-1;2*+1. The number of benzene rings is 4. The normalized spacial score (nSPS) is 11.7. The Morgan fingerprint density at radius 2 is 0.800 bits per heavy atom. The number of nitrogens with zero attached hydrogens (tertiary/aromatic N) is 4. The smallest absolute Gasteiger partial charge is 0.294 e. The van der Waals surface area contributed by atoms with E-state index in [9.17, 15) is 0 Å². The van der Waals surface area contributed by atoms with Crippen molar-refractivity contribution in [2.24, 2.45) is 0 Å². The van der Waals surface area contributed by atoms with Gasteiger partial charge in [-0.1, -0.05) is 137 Å². The van der Waals surface area contributed by atoms with E-state index in [1.807, 2.05) is 0 Å². The van der Waals surface area contributed by atoms with E-state index >= 15 is 0 Å². The second-order valence-electron chi connectivity index (χ2n) is 16.5. The van der Waals surface area contributed by atoms with Gasteiger partial charge in [-0.2, -0.15) is 23.2 Å². The molecule has 0 unspecified atom stereocenters. The summed E-state index contributed by atoms with van der Waals surface area (Å²) >= 11 is 0. The van der Waals surface area contributed by atoms with E-state index in [2.05, 4.69) is 202 Å². The second kappa shape index (κ2) is 17.1. The molecule has 0 spiro atoms. The Hall–Kier alpha value is -3.79. The summed E-state index contributed by atoms with van der Waals surface area (Å²) in [6.07, 6.45) is 0. The minimum absolute atomic E-state index is 0. The third-order valence-electron chi connectivity index (χ3n) is 9.90. The van der Waals surface area contributed by atoms with Crippen LogP contribution in [0.25, 0.3) is 55.2 Å². The zero-order valence-corrected chi connectivity index (χ0v) is 38.2. The van der Waals surface area contributed by atoms with Crippen LogP contribution in [0.1, 0.15) is 18.3 Å². The molecule has 0 aliphatic carbocycles. The van der Waals surface area contributed by atoms with Crippen molar-refractivity contribution in [1.29, 1.82) is 0 Å². The van der Waals surface area contributed by atoms with Crippen molar-refractivity contribution >= 4 is 68.6 Å². The van der Waals surface area contributed by atoms with Crippen molar-refractivity contribution in [3.05, 3.63) is 156 Å². The summed E-state index contributed by atoms with van der Waals surface area (Å²) in [4.78, 5) is 10.3. The van der Waals surface area contributed by atoms with E-state index in [4.69, 9.17) is 9.97 Å². The Balaban J connectivity index is 0.000000205. The van der Waals surface area contributed by atoms with E-state index < -0.39 is 16.1 Å². The first kappa shape index (κ1) is 42.4. The topological polar surface area (TPSA) is 35.6 Å². The number of aromatic nitrogens is 4. The molecule has 4 aromatic heterocycles. The molecule has 55 heavy (non-hydrogen) atoms. The van der Waals surface area contributed by atoms with Crippen LogP contribution in [0.15, 0.2) is 133 Å². The van der Waals surface area contributed by atoms with E-state index in [0.29, 0.717) is 0 Å². The summed E-state index contributed by atoms with van der Waals surface area (Å²) in [5, 5.41) is 6.77. The molecule has 1 radical (unpaired) electrons. The largest absolute Gasteiger partial charge is 1.00 e. The minimum Gasteiger partial charge on any atom is -0.294 e. The van der Waals surface area contributed by atoms with Crippen LogP contribution < -0.4 is 0 Å². The van der Waals surface area contributed by atoms with Crippen LogP contribution in [0, 0.1) is 11.1 Å². The van der Waals surface area contributed by atoms with E-state index in [0.717, 1.165) is 17.3 Å². The summed E-state index contributed by atoms with van der Waals surface area (Å²) in [5.41, 5.74) is 7.18. The molecule has 8 rings (SSSR count). The molecule has 0 atom stereocenters. The molecule has 0 aliphatic rings. The molecule has 0 amide bonds. The molecule has 0 saturated carbocycles. The van der Waals surface area contributed by atoms with Crippen LogP contribution in [0.5, 0.6) is 0 Å². The average Bonchev–Trinajstić information content (AvgIpc) is 3.64. The van der Waals surface area contributed by atoms with E-state index in [1.165, 1.54) is 61.3 Å². The predicted octanol–water partition coefficient (Wildman–Crippen LogP) is 12.7. The molecular weight excluding hydrogens is 820 g/mol. The third kappa shape index (κ3) is 8.64. The van der Waals surface area contributed by atoms with Gasteiger partial charge in [0.05, 0.1) is 22.1 Å². The number of para-hydroxylation sites is 4. The number of rotatable bonds is 8. The molecule has 0 aliphatic heterocycles. The van der Waals surface area contributed by atoms with Gasteiger partial charge in [0.25, 0.3) is 0 Å². The summed E-state index contributed by atoms with van der Waals surface area (Å²) in [6.45, 7) is 21.6. The number of fused-ring (bicyclic) bond motifs is 6. The van der Waals surface area contributed by atoms with Gasteiger partial charge >= 0.3 is 34.1 Å². The molecule has 4 nitrogen and oxygen atoms in total. The van der Waals surface area contributed by atoms with Gasteiger partial charge in [0, 0.05) is 30.3 Å². The maximum atomic E-state index is 5.24.